The van der Waals surface area contributed by atoms with Crippen LogP contribution in [0.3, 0.4) is 0 Å². The van der Waals surface area contributed by atoms with Crippen LogP contribution in [-0.4, -0.2) is 18.3 Å². The van der Waals surface area contributed by atoms with Crippen molar-refractivity contribution in [1.29, 1.82) is 0 Å². The zero-order valence-electron chi connectivity index (χ0n) is 21.8. The summed E-state index contributed by atoms with van der Waals surface area (Å²) in [6.07, 6.45) is 1.90. The minimum atomic E-state index is -1.91. The van der Waals surface area contributed by atoms with Crippen LogP contribution in [0.2, 0.25) is 17.3 Å². The second-order valence-corrected chi connectivity index (χ2v) is 23.2. The Morgan fingerprint density at radius 1 is 1.00 bits per heavy atom. The molecule has 1 nitrogen and oxygen atoms in total. The molecule has 3 aromatic carbocycles. The van der Waals surface area contributed by atoms with E-state index in [1.54, 1.807) is 0 Å². The van der Waals surface area contributed by atoms with Gasteiger partial charge in [-0.05, 0) is 0 Å². The van der Waals surface area contributed by atoms with Crippen LogP contribution in [0.25, 0.3) is 33.7 Å². The number of rotatable bonds is 3. The fraction of sp³-hybridized carbons (Fsp3) is 0.258. The molecule has 0 fully saturated rings. The van der Waals surface area contributed by atoms with Crippen LogP contribution in [0.5, 0.6) is 0 Å². The molecule has 0 saturated carbocycles. The maximum absolute atomic E-state index is 9.31. The van der Waals surface area contributed by atoms with Crippen LogP contribution < -0.4 is 4.40 Å². The van der Waals surface area contributed by atoms with Gasteiger partial charge in [-0.3, -0.25) is 0 Å². The molecule has 2 aliphatic rings. The average Bonchev–Trinajstić information content (AvgIpc) is 3.04. The molecule has 0 saturated heterocycles. The summed E-state index contributed by atoms with van der Waals surface area (Å²) in [6, 6.07) is 22.9. The summed E-state index contributed by atoms with van der Waals surface area (Å²) in [6.45, 7) is 6.90. The monoisotopic (exact) mass is 524 g/mol. The molecule has 0 radical (unpaired) electrons. The van der Waals surface area contributed by atoms with Crippen LogP contribution in [0.4, 0.5) is 0 Å². The van der Waals surface area contributed by atoms with Gasteiger partial charge in [-0.15, -0.1) is 0 Å². The fourth-order valence-electron chi connectivity index (χ4n) is 5.64. The van der Waals surface area contributed by atoms with Gasteiger partial charge < -0.3 is 0 Å². The molecule has 0 bridgehead atoms. The van der Waals surface area contributed by atoms with Gasteiger partial charge in [-0.25, -0.2) is 0 Å². The van der Waals surface area contributed by atoms with Crippen molar-refractivity contribution < 1.29 is 1.37 Å². The van der Waals surface area contributed by atoms with Gasteiger partial charge in [0, 0.05) is 0 Å². The summed E-state index contributed by atoms with van der Waals surface area (Å²) in [7, 11) is 0. The predicted octanol–water partition coefficient (Wildman–Crippen LogP) is 8.45. The number of fused-ring (bicyclic) bond motifs is 3. The molecule has 0 amide bonds. The van der Waals surface area contributed by atoms with Gasteiger partial charge in [0.25, 0.3) is 0 Å². The average molecular weight is 523 g/mol. The molecule has 1 aliphatic carbocycles. The third kappa shape index (κ3) is 3.18. The van der Waals surface area contributed by atoms with Gasteiger partial charge in [0.1, 0.15) is 0 Å². The van der Waals surface area contributed by atoms with Gasteiger partial charge in [-0.2, -0.15) is 0 Å². The molecule has 2 heterocycles. The molecule has 170 valence electrons. The first-order chi connectivity index (χ1) is 16.6. The first-order valence-corrected chi connectivity index (χ1v) is 20.3. The summed E-state index contributed by atoms with van der Waals surface area (Å²) in [5, 5.41) is 2.59. The molecule has 34 heavy (non-hydrogen) atoms. The summed E-state index contributed by atoms with van der Waals surface area (Å²) < 4.78 is 10.5. The predicted molar refractivity (Wildman–Crippen MR) is 152 cm³/mol. The van der Waals surface area contributed by atoms with Gasteiger partial charge >= 0.3 is 206 Å². The minimum absolute atomic E-state index is 0.347. The molecular formula is C31H31GeNS. The van der Waals surface area contributed by atoms with Crippen molar-refractivity contribution in [2.75, 3.05) is 0 Å². The number of thioether (sulfide) groups is 1. The van der Waals surface area contributed by atoms with E-state index in [1.165, 1.54) is 36.8 Å². The second-order valence-electron chi connectivity index (χ2n) is 11.1. The normalized spacial score (nSPS) is 19.4. The zero-order chi connectivity index (χ0) is 24.7. The van der Waals surface area contributed by atoms with E-state index in [2.05, 4.69) is 92.6 Å². The van der Waals surface area contributed by atoms with Crippen molar-refractivity contribution in [3.63, 3.8) is 0 Å². The van der Waals surface area contributed by atoms with Crippen molar-refractivity contribution >= 4 is 51.8 Å². The number of pyridine rings is 1. The Balaban J connectivity index is 1.62. The van der Waals surface area contributed by atoms with E-state index in [1.807, 2.05) is 24.0 Å². The van der Waals surface area contributed by atoms with E-state index in [0.29, 0.717) is 12.0 Å². The van der Waals surface area contributed by atoms with Crippen LogP contribution in [0.15, 0.2) is 71.8 Å². The van der Waals surface area contributed by atoms with E-state index in [9.17, 15) is 1.37 Å². The summed E-state index contributed by atoms with van der Waals surface area (Å²) in [5.74, 6) is 7.68. The number of aromatic nitrogens is 1. The topological polar surface area (TPSA) is 12.9 Å². The molecule has 1 unspecified atom stereocenters. The zero-order valence-corrected chi connectivity index (χ0v) is 23.7. The maximum atomic E-state index is 9.31. The molecule has 1 atom stereocenters. The van der Waals surface area contributed by atoms with E-state index < -0.39 is 13.3 Å². The first kappa shape index (κ1) is 21.0. The number of benzene rings is 3. The molecule has 0 spiro atoms. The van der Waals surface area contributed by atoms with Gasteiger partial charge in [0.15, 0.2) is 0 Å². The third-order valence-corrected chi connectivity index (χ3v) is 13.2. The summed E-state index contributed by atoms with van der Waals surface area (Å²) in [5.41, 5.74) is 8.19. The molecule has 6 rings (SSSR count). The van der Waals surface area contributed by atoms with Gasteiger partial charge in [0.2, 0.25) is 0 Å². The van der Waals surface area contributed by atoms with Crippen molar-refractivity contribution in [2.24, 2.45) is 0 Å². The number of hydrogen-bond donors (Lipinski definition) is 0. The Morgan fingerprint density at radius 3 is 2.44 bits per heavy atom. The van der Waals surface area contributed by atoms with E-state index >= 15 is 0 Å². The Bertz CT molecular complexity index is 1550. The third-order valence-electron chi connectivity index (χ3n) is 7.38. The second kappa shape index (κ2) is 7.60. The molecule has 1 aliphatic heterocycles. The van der Waals surface area contributed by atoms with E-state index in [4.69, 9.17) is 4.98 Å². The summed E-state index contributed by atoms with van der Waals surface area (Å²) >= 11 is 0.0231. The van der Waals surface area contributed by atoms with Gasteiger partial charge in [0.05, 0.1) is 0 Å². The fourth-order valence-corrected chi connectivity index (χ4v) is 9.80. The van der Waals surface area contributed by atoms with Gasteiger partial charge in [-0.1, -0.05) is 6.07 Å². The molecule has 3 heteroatoms. The van der Waals surface area contributed by atoms with E-state index in [0.717, 1.165) is 22.4 Å². The van der Waals surface area contributed by atoms with Crippen molar-refractivity contribution in [2.45, 2.75) is 53.6 Å². The number of nitrogens with zero attached hydrogens (tertiary/aromatic N) is 1. The SMILES string of the molecule is [2H]C1=C(c2cc[c]([Ge]([CH3])([CH3])[CH3])cc2)C2(C)Sc3c(cc4ccccc4c3C(C)C)-c3nccc1c32. The molecule has 4 aromatic rings. The standard InChI is InChI=1S/C31H31GeNS/c1-19(2)27-24-10-8-7-9-21(24)17-25-29-28-22(15-16-33-29)18-26(31(28,3)34-30(25)27)20-11-13-23(14-12-20)32(4,5)6/h7-19H,1-6H3/i18D. The van der Waals surface area contributed by atoms with Crippen LogP contribution in [0, 0.1) is 0 Å². The van der Waals surface area contributed by atoms with Crippen LogP contribution in [0.1, 0.15) is 50.3 Å². The Morgan fingerprint density at radius 2 is 1.74 bits per heavy atom. The Labute approximate surface area is 211 Å². The quantitative estimate of drug-likeness (QED) is 0.250. The molecule has 0 N–H and O–H groups in total. The first-order valence-electron chi connectivity index (χ1n) is 12.7. The van der Waals surface area contributed by atoms with Crippen LogP contribution in [-0.2, 0) is 4.75 Å². The van der Waals surface area contributed by atoms with Crippen molar-refractivity contribution in [1.82, 2.24) is 4.98 Å². The Hall–Kier alpha value is -2.30. The molecular weight excluding hydrogens is 491 g/mol. The Kier molecular flexibility index (Phi) is 4.70. The van der Waals surface area contributed by atoms with Crippen LogP contribution >= 0.6 is 11.8 Å². The van der Waals surface area contributed by atoms with E-state index in [-0.39, 0.29) is 4.75 Å². The van der Waals surface area contributed by atoms with Crippen molar-refractivity contribution in [3.05, 3.63) is 89.1 Å². The number of hydrogen-bond acceptors (Lipinski definition) is 2. The van der Waals surface area contributed by atoms with Crippen molar-refractivity contribution in [3.8, 4) is 11.3 Å². The summed E-state index contributed by atoms with van der Waals surface area (Å²) in [4.78, 5) is 6.28. The molecule has 1 aromatic heterocycles.